The third-order valence-corrected chi connectivity index (χ3v) is 4.36. The minimum absolute atomic E-state index is 0.253. The normalized spacial score (nSPS) is 14.2. The third-order valence-electron chi connectivity index (χ3n) is 2.66. The molecule has 0 saturated carbocycles. The molecule has 0 radical (unpaired) electrons. The van der Waals surface area contributed by atoms with Gasteiger partial charge in [-0.1, -0.05) is 50.5 Å². The minimum atomic E-state index is 0.253. The summed E-state index contributed by atoms with van der Waals surface area (Å²) in [6.45, 7) is 11.0. The lowest BCUT2D eigenvalue weighted by Crippen LogP contribution is -2.23. The van der Waals surface area contributed by atoms with E-state index in [2.05, 4.69) is 66.6 Å². The second kappa shape index (κ2) is 5.26. The Bertz CT molecular complexity index is 342. The summed E-state index contributed by atoms with van der Waals surface area (Å²) in [6.07, 6.45) is 2.62. The maximum atomic E-state index is 4.33. The van der Waals surface area contributed by atoms with Crippen LogP contribution in [0.5, 0.6) is 0 Å². The van der Waals surface area contributed by atoms with Crippen LogP contribution in [-0.4, -0.2) is 14.8 Å². The number of hydrogen-bond acceptors (Lipinski definition) is 2. The van der Waals surface area contributed by atoms with Crippen LogP contribution in [0.15, 0.2) is 12.4 Å². The summed E-state index contributed by atoms with van der Waals surface area (Å²) in [4.78, 5) is 9.06. The molecule has 0 spiro atoms. The van der Waals surface area contributed by atoms with Crippen molar-refractivity contribution in [2.24, 2.45) is 5.41 Å². The fourth-order valence-corrected chi connectivity index (χ4v) is 1.66. The molecule has 0 amide bonds. The molecule has 90 valence electrons. The molecular formula is C13H21BrN2. The van der Waals surface area contributed by atoms with Gasteiger partial charge in [-0.05, 0) is 17.4 Å². The lowest BCUT2D eigenvalue weighted by Gasteiger charge is -2.25. The summed E-state index contributed by atoms with van der Waals surface area (Å²) in [6, 6.07) is 2.12. The van der Waals surface area contributed by atoms with E-state index in [1.54, 1.807) is 6.33 Å². The molecule has 1 unspecified atom stereocenters. The molecule has 0 saturated heterocycles. The van der Waals surface area contributed by atoms with Crippen LogP contribution in [0.25, 0.3) is 0 Å². The molecule has 1 aromatic rings. The maximum absolute atomic E-state index is 4.33. The second-order valence-electron chi connectivity index (χ2n) is 5.63. The number of nitrogens with zero attached hydrogens (tertiary/aromatic N) is 2. The van der Waals surface area contributed by atoms with Crippen LogP contribution in [0.4, 0.5) is 0 Å². The monoisotopic (exact) mass is 284 g/mol. The van der Waals surface area contributed by atoms with Gasteiger partial charge in [-0.15, -0.1) is 0 Å². The molecule has 2 nitrogen and oxygen atoms in total. The second-order valence-corrected chi connectivity index (χ2v) is 6.73. The molecule has 1 atom stereocenters. The molecular weight excluding hydrogens is 264 g/mol. The van der Waals surface area contributed by atoms with E-state index in [0.29, 0.717) is 10.7 Å². The van der Waals surface area contributed by atoms with Crippen molar-refractivity contribution in [3.8, 4) is 0 Å². The van der Waals surface area contributed by atoms with Crippen molar-refractivity contribution in [1.82, 2.24) is 9.97 Å². The van der Waals surface area contributed by atoms with Crippen LogP contribution in [0.3, 0.4) is 0 Å². The largest absolute Gasteiger partial charge is 0.241 e. The summed E-state index contributed by atoms with van der Waals surface area (Å²) in [7, 11) is 0. The molecule has 0 aliphatic rings. The molecule has 0 bridgehead atoms. The van der Waals surface area contributed by atoms with E-state index in [9.17, 15) is 0 Å². The fourth-order valence-electron chi connectivity index (χ4n) is 1.33. The van der Waals surface area contributed by atoms with Crippen molar-refractivity contribution in [1.29, 1.82) is 0 Å². The molecule has 3 heteroatoms. The van der Waals surface area contributed by atoms with Crippen molar-refractivity contribution in [2.75, 3.05) is 0 Å². The number of rotatable bonds is 3. The van der Waals surface area contributed by atoms with Crippen LogP contribution in [0.1, 0.15) is 51.9 Å². The van der Waals surface area contributed by atoms with Gasteiger partial charge in [-0.2, -0.15) is 0 Å². The Morgan fingerprint density at radius 2 is 1.88 bits per heavy atom. The molecule has 0 N–H and O–H groups in total. The Morgan fingerprint density at radius 1 is 1.25 bits per heavy atom. The Kier molecular flexibility index (Phi) is 4.48. The van der Waals surface area contributed by atoms with Crippen LogP contribution in [0.2, 0.25) is 0 Å². The quantitative estimate of drug-likeness (QED) is 0.786. The lowest BCUT2D eigenvalue weighted by atomic mass is 9.89. The smallest absolute Gasteiger partial charge is 0.115 e. The van der Waals surface area contributed by atoms with Crippen LogP contribution >= 0.6 is 15.9 Å². The molecule has 1 heterocycles. The first kappa shape index (κ1) is 13.6. The molecule has 16 heavy (non-hydrogen) atoms. The molecule has 1 aromatic heterocycles. The van der Waals surface area contributed by atoms with Crippen molar-refractivity contribution in [2.45, 2.75) is 51.8 Å². The van der Waals surface area contributed by atoms with Gasteiger partial charge in [0, 0.05) is 22.6 Å². The standard InChI is InChI=1S/C13H21BrN2/c1-9(2)11-6-10(15-8-16-11)7-12(14)13(3,4)5/h6,8-9,12H,7H2,1-5H3. The van der Waals surface area contributed by atoms with E-state index in [4.69, 9.17) is 0 Å². The van der Waals surface area contributed by atoms with Gasteiger partial charge in [-0.3, -0.25) is 0 Å². The molecule has 1 rings (SSSR count). The number of alkyl halides is 1. The fraction of sp³-hybridized carbons (Fsp3) is 0.692. The van der Waals surface area contributed by atoms with Gasteiger partial charge in [0.05, 0.1) is 0 Å². The van der Waals surface area contributed by atoms with Gasteiger partial charge in [-0.25, -0.2) is 9.97 Å². The Balaban J connectivity index is 2.78. The van der Waals surface area contributed by atoms with Crippen molar-refractivity contribution < 1.29 is 0 Å². The van der Waals surface area contributed by atoms with Crippen LogP contribution < -0.4 is 0 Å². The van der Waals surface area contributed by atoms with Crippen LogP contribution in [0, 0.1) is 5.41 Å². The summed E-state index contributed by atoms with van der Waals surface area (Å²) in [5.74, 6) is 0.463. The Hall–Kier alpha value is -0.440. The first-order valence-electron chi connectivity index (χ1n) is 5.75. The minimum Gasteiger partial charge on any atom is -0.241 e. The highest BCUT2D eigenvalue weighted by molar-refractivity contribution is 9.09. The van der Waals surface area contributed by atoms with E-state index < -0.39 is 0 Å². The first-order valence-corrected chi connectivity index (χ1v) is 6.67. The molecule has 0 aliphatic heterocycles. The molecule has 0 fully saturated rings. The highest BCUT2D eigenvalue weighted by Gasteiger charge is 2.22. The summed E-state index contributed by atoms with van der Waals surface area (Å²) in [5, 5.41) is 0. The van der Waals surface area contributed by atoms with Gasteiger partial charge in [0.15, 0.2) is 0 Å². The zero-order valence-corrected chi connectivity index (χ0v) is 12.4. The predicted molar refractivity (Wildman–Crippen MR) is 72.0 cm³/mol. The third kappa shape index (κ3) is 3.85. The van der Waals surface area contributed by atoms with Gasteiger partial charge < -0.3 is 0 Å². The van der Waals surface area contributed by atoms with E-state index >= 15 is 0 Å². The SMILES string of the molecule is CC(C)c1cc(CC(Br)C(C)(C)C)ncn1. The highest BCUT2D eigenvalue weighted by atomic mass is 79.9. The molecule has 0 aliphatic carbocycles. The van der Waals surface area contributed by atoms with E-state index in [0.717, 1.165) is 17.8 Å². The average molecular weight is 285 g/mol. The van der Waals surface area contributed by atoms with Gasteiger partial charge in [0.25, 0.3) is 0 Å². The van der Waals surface area contributed by atoms with Crippen molar-refractivity contribution in [3.05, 3.63) is 23.8 Å². The zero-order valence-electron chi connectivity index (χ0n) is 10.8. The van der Waals surface area contributed by atoms with E-state index in [-0.39, 0.29) is 5.41 Å². The first-order chi connectivity index (χ1) is 7.30. The summed E-state index contributed by atoms with van der Waals surface area (Å²) < 4.78 is 0. The summed E-state index contributed by atoms with van der Waals surface area (Å²) in [5.41, 5.74) is 2.50. The van der Waals surface area contributed by atoms with E-state index in [1.807, 2.05) is 0 Å². The summed E-state index contributed by atoms with van der Waals surface area (Å²) >= 11 is 3.74. The van der Waals surface area contributed by atoms with Crippen molar-refractivity contribution >= 4 is 15.9 Å². The zero-order chi connectivity index (χ0) is 12.3. The predicted octanol–water partition coefficient (Wildman–Crippen LogP) is 3.95. The number of aromatic nitrogens is 2. The number of halogens is 1. The van der Waals surface area contributed by atoms with Crippen LogP contribution in [-0.2, 0) is 6.42 Å². The van der Waals surface area contributed by atoms with Gasteiger partial charge in [0.2, 0.25) is 0 Å². The topological polar surface area (TPSA) is 25.8 Å². The lowest BCUT2D eigenvalue weighted by molar-refractivity contribution is 0.396. The van der Waals surface area contributed by atoms with Gasteiger partial charge in [0.1, 0.15) is 6.33 Å². The number of hydrogen-bond donors (Lipinski definition) is 0. The maximum Gasteiger partial charge on any atom is 0.115 e. The van der Waals surface area contributed by atoms with E-state index in [1.165, 1.54) is 0 Å². The average Bonchev–Trinajstić information content (AvgIpc) is 2.16. The Labute approximate surface area is 107 Å². The van der Waals surface area contributed by atoms with Crippen molar-refractivity contribution in [3.63, 3.8) is 0 Å². The highest BCUT2D eigenvalue weighted by Crippen LogP contribution is 2.28. The Morgan fingerprint density at radius 3 is 2.38 bits per heavy atom. The van der Waals surface area contributed by atoms with Gasteiger partial charge >= 0.3 is 0 Å². The molecule has 0 aromatic carbocycles.